The largest absolute Gasteiger partial charge is 0.465 e. The molecular formula is C14H6F9NO2. The van der Waals surface area contributed by atoms with Gasteiger partial charge in [-0.3, -0.25) is 4.79 Å². The van der Waals surface area contributed by atoms with Crippen molar-refractivity contribution >= 4 is 5.97 Å². The summed E-state index contributed by atoms with van der Waals surface area (Å²) in [5.74, 6) is -31.1. The Morgan fingerprint density at radius 3 is 1.96 bits per heavy atom. The predicted octanol–water partition coefficient (Wildman–Crippen LogP) is 4.11. The van der Waals surface area contributed by atoms with Gasteiger partial charge in [-0.2, -0.15) is 31.6 Å². The molecule has 0 spiro atoms. The zero-order valence-electron chi connectivity index (χ0n) is 12.4. The van der Waals surface area contributed by atoms with Crippen LogP contribution in [0.5, 0.6) is 0 Å². The van der Waals surface area contributed by atoms with Crippen LogP contribution in [-0.2, 0) is 21.4 Å². The number of ether oxygens (including phenoxy) is 1. The smallest absolute Gasteiger partial charge is 0.380 e. The third-order valence-corrected chi connectivity index (χ3v) is 3.72. The number of alkyl halides is 6. The Morgan fingerprint density at radius 2 is 1.50 bits per heavy atom. The number of hydrogen-bond acceptors (Lipinski definition) is 3. The second kappa shape index (κ2) is 5.78. The number of esters is 1. The summed E-state index contributed by atoms with van der Waals surface area (Å²) >= 11 is 0. The third-order valence-electron chi connectivity index (χ3n) is 3.72. The molecule has 0 fully saturated rings. The number of carbonyl (C=O) groups is 1. The Bertz CT molecular complexity index is 829. The summed E-state index contributed by atoms with van der Waals surface area (Å²) in [5, 5.41) is 8.87. The maximum atomic E-state index is 14.0. The van der Waals surface area contributed by atoms with E-state index in [1.54, 1.807) is 0 Å². The van der Waals surface area contributed by atoms with E-state index >= 15 is 0 Å². The first-order valence-corrected chi connectivity index (χ1v) is 6.69. The highest BCUT2D eigenvalue weighted by Gasteiger charge is 2.81. The fraction of sp³-hybridized carbons (Fsp3) is 0.429. The average Bonchev–Trinajstić information content (AvgIpc) is 2.64. The Morgan fingerprint density at radius 1 is 1.00 bits per heavy atom. The van der Waals surface area contributed by atoms with Crippen molar-refractivity contribution in [2.24, 2.45) is 0 Å². The molecule has 1 aromatic rings. The van der Waals surface area contributed by atoms with Crippen molar-refractivity contribution in [2.45, 2.75) is 30.6 Å². The van der Waals surface area contributed by atoms with E-state index in [-0.39, 0.29) is 0 Å². The van der Waals surface area contributed by atoms with Gasteiger partial charge in [-0.15, -0.1) is 0 Å². The quantitative estimate of drug-likeness (QED) is 0.443. The maximum absolute atomic E-state index is 14.0. The van der Waals surface area contributed by atoms with Crippen LogP contribution in [0.4, 0.5) is 39.5 Å². The number of nitrogens with zero attached hydrogens (tertiary/aromatic N) is 1. The van der Waals surface area contributed by atoms with Crippen LogP contribution in [-0.4, -0.2) is 18.5 Å². The van der Waals surface area contributed by atoms with Crippen molar-refractivity contribution in [2.75, 3.05) is 6.61 Å². The molecule has 1 aliphatic rings. The molecule has 26 heavy (non-hydrogen) atoms. The predicted molar refractivity (Wildman–Crippen MR) is 64.0 cm³/mol. The highest BCUT2D eigenvalue weighted by molar-refractivity contribution is 5.82. The van der Waals surface area contributed by atoms with Crippen molar-refractivity contribution < 1.29 is 49.0 Å². The van der Waals surface area contributed by atoms with Crippen molar-refractivity contribution in [1.82, 2.24) is 0 Å². The molecule has 1 unspecified atom stereocenters. The fourth-order valence-corrected chi connectivity index (χ4v) is 2.54. The summed E-state index contributed by atoms with van der Waals surface area (Å²) < 4.78 is 128. The SMILES string of the molecule is CCOC(=O)C(C#N)c1c(F)c(F)c(F)c2c1C(F)(F)C(F)(F)C2(F)F. The molecular weight excluding hydrogens is 385 g/mol. The molecule has 0 heterocycles. The molecule has 2 rings (SSSR count). The van der Waals surface area contributed by atoms with Crippen LogP contribution >= 0.6 is 0 Å². The average molecular weight is 391 g/mol. The molecule has 0 saturated carbocycles. The molecule has 0 bridgehead atoms. The number of nitriles is 1. The van der Waals surface area contributed by atoms with Gasteiger partial charge >= 0.3 is 23.7 Å². The fourth-order valence-electron chi connectivity index (χ4n) is 2.54. The van der Waals surface area contributed by atoms with Crippen LogP contribution in [0.1, 0.15) is 29.5 Å². The Kier molecular flexibility index (Phi) is 4.42. The highest BCUT2D eigenvalue weighted by Crippen LogP contribution is 2.65. The van der Waals surface area contributed by atoms with E-state index in [9.17, 15) is 44.3 Å². The molecule has 0 saturated heterocycles. The molecule has 1 atom stereocenters. The molecule has 0 aliphatic heterocycles. The minimum atomic E-state index is -6.27. The topological polar surface area (TPSA) is 50.1 Å². The van der Waals surface area contributed by atoms with Crippen LogP contribution in [0, 0.1) is 28.8 Å². The minimum absolute atomic E-state index is 0.493. The summed E-state index contributed by atoms with van der Waals surface area (Å²) in [6, 6.07) is 0.886. The normalized spacial score (nSPS) is 20.2. The van der Waals surface area contributed by atoms with Crippen LogP contribution < -0.4 is 0 Å². The highest BCUT2D eigenvalue weighted by atomic mass is 19.3. The van der Waals surface area contributed by atoms with Gasteiger partial charge in [0.1, 0.15) is 0 Å². The molecule has 1 aromatic carbocycles. The van der Waals surface area contributed by atoms with Crippen molar-refractivity contribution in [3.8, 4) is 6.07 Å². The van der Waals surface area contributed by atoms with Crippen LogP contribution in [0.25, 0.3) is 0 Å². The van der Waals surface area contributed by atoms with E-state index in [4.69, 9.17) is 5.26 Å². The molecule has 3 nitrogen and oxygen atoms in total. The Labute approximate surface area is 139 Å². The lowest BCUT2D eigenvalue weighted by atomic mass is 9.90. The molecule has 0 amide bonds. The van der Waals surface area contributed by atoms with Gasteiger partial charge in [0.2, 0.25) is 0 Å². The molecule has 0 N–H and O–H groups in total. The molecule has 12 heteroatoms. The number of rotatable bonds is 3. The lowest BCUT2D eigenvalue weighted by Gasteiger charge is -2.24. The van der Waals surface area contributed by atoms with Gasteiger partial charge in [-0.1, -0.05) is 0 Å². The first kappa shape index (κ1) is 19.9. The molecule has 1 aliphatic carbocycles. The summed E-state index contributed by atoms with van der Waals surface area (Å²) in [4.78, 5) is 11.6. The summed E-state index contributed by atoms with van der Waals surface area (Å²) in [6.07, 6.45) is 0. The standard InChI is InChI=1S/C14H6F9NO2/c1-2-26-11(25)4(3-24)5-6-7(9(16)10(17)8(5)15)13(20,21)14(22,23)12(6,18)19/h4H,2H2,1H3. The van der Waals surface area contributed by atoms with Gasteiger partial charge in [-0.05, 0) is 6.92 Å². The lowest BCUT2D eigenvalue weighted by Crippen LogP contribution is -2.43. The second-order valence-corrected chi connectivity index (χ2v) is 5.14. The van der Waals surface area contributed by atoms with Gasteiger partial charge in [0.05, 0.1) is 18.2 Å². The van der Waals surface area contributed by atoms with Crippen LogP contribution in [0.15, 0.2) is 0 Å². The van der Waals surface area contributed by atoms with E-state index in [2.05, 4.69) is 4.74 Å². The zero-order valence-corrected chi connectivity index (χ0v) is 12.4. The lowest BCUT2D eigenvalue weighted by molar-refractivity contribution is -0.303. The van der Waals surface area contributed by atoms with E-state index in [0.717, 1.165) is 13.0 Å². The third kappa shape index (κ3) is 2.18. The van der Waals surface area contributed by atoms with Crippen LogP contribution in [0.3, 0.4) is 0 Å². The Balaban J connectivity index is 3.00. The monoisotopic (exact) mass is 391 g/mol. The Hall–Kier alpha value is -2.45. The zero-order chi connectivity index (χ0) is 20.2. The van der Waals surface area contributed by atoms with Gasteiger partial charge in [-0.25, -0.2) is 13.2 Å². The summed E-state index contributed by atoms with van der Waals surface area (Å²) in [7, 11) is 0. The minimum Gasteiger partial charge on any atom is -0.465 e. The molecule has 0 aromatic heterocycles. The number of fused-ring (bicyclic) bond motifs is 1. The van der Waals surface area contributed by atoms with Crippen molar-refractivity contribution in [3.63, 3.8) is 0 Å². The first-order chi connectivity index (χ1) is 11.8. The first-order valence-electron chi connectivity index (χ1n) is 6.69. The second-order valence-electron chi connectivity index (χ2n) is 5.14. The van der Waals surface area contributed by atoms with Gasteiger partial charge in [0.15, 0.2) is 23.4 Å². The number of hydrogen-bond donors (Lipinski definition) is 0. The number of carbonyl (C=O) groups excluding carboxylic acids is 1. The van der Waals surface area contributed by atoms with E-state index in [0.29, 0.717) is 0 Å². The maximum Gasteiger partial charge on any atom is 0.380 e. The van der Waals surface area contributed by atoms with Crippen molar-refractivity contribution in [1.29, 1.82) is 5.26 Å². The van der Waals surface area contributed by atoms with Gasteiger partial charge in [0.25, 0.3) is 0 Å². The summed E-state index contributed by atoms with van der Waals surface area (Å²) in [5.41, 5.74) is -7.59. The molecule has 0 radical (unpaired) electrons. The van der Waals surface area contributed by atoms with Crippen LogP contribution in [0.2, 0.25) is 0 Å². The van der Waals surface area contributed by atoms with Gasteiger partial charge in [0, 0.05) is 11.1 Å². The molecule has 142 valence electrons. The van der Waals surface area contributed by atoms with E-state index < -0.39 is 70.4 Å². The number of benzene rings is 1. The van der Waals surface area contributed by atoms with E-state index in [1.165, 1.54) is 0 Å². The number of halogens is 9. The summed E-state index contributed by atoms with van der Waals surface area (Å²) in [6.45, 7) is 0.669. The van der Waals surface area contributed by atoms with Gasteiger partial charge < -0.3 is 4.74 Å². The van der Waals surface area contributed by atoms with Crippen molar-refractivity contribution in [3.05, 3.63) is 34.1 Å². The van der Waals surface area contributed by atoms with E-state index in [1.807, 2.05) is 0 Å².